The van der Waals surface area contributed by atoms with E-state index in [1.54, 1.807) is 20.0 Å². The van der Waals surface area contributed by atoms with Crippen LogP contribution in [0.5, 0.6) is 0 Å². The Hall–Kier alpha value is -2.77. The minimum absolute atomic E-state index is 0.0792. The summed E-state index contributed by atoms with van der Waals surface area (Å²) in [5.74, 6) is 0.299. The van der Waals surface area contributed by atoms with Crippen LogP contribution in [-0.2, 0) is 20.7 Å². The molecule has 0 aromatic carbocycles. The number of hydrogen-bond acceptors (Lipinski definition) is 8. The highest BCUT2D eigenvalue weighted by atomic mass is 35.5. The number of halogens is 1. The molecule has 2 aromatic heterocycles. The summed E-state index contributed by atoms with van der Waals surface area (Å²) in [6.45, 7) is 7.29. The fourth-order valence-electron chi connectivity index (χ4n) is 5.50. The van der Waals surface area contributed by atoms with Crippen molar-refractivity contribution < 1.29 is 19.4 Å². The Morgan fingerprint density at radius 2 is 2.02 bits per heavy atom. The summed E-state index contributed by atoms with van der Waals surface area (Å²) in [4.78, 5) is 20.7. The standard InChI is InChI=1S/C31H42ClN5O4/c1-21(18-41-30(2,3)29(38)39)36-23-9-7-22(8-10-23)15-24-16-25(26(32)17-34-24)27-5-4-6-28(37-27)35-20-31(19-33)11-13-40-14-12-31/h4-6,16-17,21-23,36H,7-15,18,20H2,1-3H3,(H,35,37)(H,38,39)/t21-,22?,23?/m1/s1. The number of ether oxygens (including phenoxy) is 2. The van der Waals surface area contributed by atoms with Crippen LogP contribution in [-0.4, -0.2) is 65.1 Å². The molecule has 1 aliphatic heterocycles. The van der Waals surface area contributed by atoms with Gasteiger partial charge in [0.1, 0.15) is 5.82 Å². The van der Waals surface area contributed by atoms with Crippen LogP contribution in [0.3, 0.4) is 0 Å². The lowest BCUT2D eigenvalue weighted by molar-refractivity contribution is -0.161. The minimum atomic E-state index is -1.18. The summed E-state index contributed by atoms with van der Waals surface area (Å²) in [6, 6.07) is 10.8. The van der Waals surface area contributed by atoms with Crippen molar-refractivity contribution in [1.82, 2.24) is 15.3 Å². The van der Waals surface area contributed by atoms with Crippen molar-refractivity contribution in [2.24, 2.45) is 11.3 Å². The van der Waals surface area contributed by atoms with Gasteiger partial charge in [-0.15, -0.1) is 0 Å². The molecule has 2 aromatic rings. The molecular weight excluding hydrogens is 542 g/mol. The van der Waals surface area contributed by atoms with E-state index in [1.807, 2.05) is 25.1 Å². The van der Waals surface area contributed by atoms with Crippen LogP contribution in [0.1, 0.15) is 65.0 Å². The van der Waals surface area contributed by atoms with Gasteiger partial charge in [-0.25, -0.2) is 9.78 Å². The van der Waals surface area contributed by atoms with Gasteiger partial charge in [0.15, 0.2) is 5.60 Å². The predicted molar refractivity (Wildman–Crippen MR) is 159 cm³/mol. The molecule has 2 fully saturated rings. The van der Waals surface area contributed by atoms with Crippen molar-refractivity contribution in [3.05, 3.63) is 41.2 Å². The quantitative estimate of drug-likeness (QED) is 0.297. The molecule has 1 saturated carbocycles. The zero-order chi connectivity index (χ0) is 29.5. The number of nitrogens with zero attached hydrogens (tertiary/aromatic N) is 3. The van der Waals surface area contributed by atoms with Crippen molar-refractivity contribution in [2.45, 2.75) is 83.4 Å². The number of nitriles is 1. The maximum Gasteiger partial charge on any atom is 0.335 e. The van der Waals surface area contributed by atoms with Crippen LogP contribution in [0.2, 0.25) is 5.02 Å². The van der Waals surface area contributed by atoms with Crippen LogP contribution in [0, 0.1) is 22.7 Å². The van der Waals surface area contributed by atoms with E-state index in [0.717, 1.165) is 54.9 Å². The third-order valence-electron chi connectivity index (χ3n) is 8.31. The van der Waals surface area contributed by atoms with E-state index in [2.05, 4.69) is 27.8 Å². The second kappa shape index (κ2) is 13.9. The van der Waals surface area contributed by atoms with Gasteiger partial charge in [0.2, 0.25) is 0 Å². The topological polar surface area (TPSA) is 129 Å². The first kappa shape index (κ1) is 31.2. The van der Waals surface area contributed by atoms with Gasteiger partial charge < -0.3 is 25.2 Å². The summed E-state index contributed by atoms with van der Waals surface area (Å²) < 4.78 is 11.0. The summed E-state index contributed by atoms with van der Waals surface area (Å²) in [5.41, 5.74) is 1.02. The lowest BCUT2D eigenvalue weighted by atomic mass is 9.82. The molecule has 41 heavy (non-hydrogen) atoms. The van der Waals surface area contributed by atoms with E-state index in [4.69, 9.17) is 26.1 Å². The molecule has 0 amide bonds. The molecule has 1 saturated heterocycles. The van der Waals surface area contributed by atoms with E-state index in [-0.39, 0.29) is 6.04 Å². The number of anilines is 1. The molecule has 10 heteroatoms. The van der Waals surface area contributed by atoms with Crippen LogP contribution in [0.4, 0.5) is 5.82 Å². The first-order valence-corrected chi connectivity index (χ1v) is 14.9. The number of aliphatic carboxylic acids is 1. The van der Waals surface area contributed by atoms with Crippen molar-refractivity contribution in [3.63, 3.8) is 0 Å². The molecule has 9 nitrogen and oxygen atoms in total. The number of carboxylic acids is 1. The zero-order valence-corrected chi connectivity index (χ0v) is 25.0. The number of rotatable bonds is 12. The van der Waals surface area contributed by atoms with Gasteiger partial charge in [-0.3, -0.25) is 4.98 Å². The number of aromatic nitrogens is 2. The van der Waals surface area contributed by atoms with Crippen molar-refractivity contribution in [2.75, 3.05) is 31.7 Å². The number of nitrogens with one attached hydrogen (secondary N) is 2. The summed E-state index contributed by atoms with van der Waals surface area (Å²) in [6.07, 6.45) is 8.33. The fraction of sp³-hybridized carbons (Fsp3) is 0.613. The molecule has 1 atom stereocenters. The Morgan fingerprint density at radius 3 is 2.71 bits per heavy atom. The smallest absolute Gasteiger partial charge is 0.335 e. The van der Waals surface area contributed by atoms with E-state index in [1.165, 1.54) is 0 Å². The third kappa shape index (κ3) is 8.62. The molecule has 0 spiro atoms. The van der Waals surface area contributed by atoms with Crippen LogP contribution < -0.4 is 10.6 Å². The molecule has 0 unspecified atom stereocenters. The number of carbonyl (C=O) groups is 1. The predicted octanol–water partition coefficient (Wildman–Crippen LogP) is 5.49. The first-order valence-electron chi connectivity index (χ1n) is 14.6. The minimum Gasteiger partial charge on any atom is -0.479 e. The summed E-state index contributed by atoms with van der Waals surface area (Å²) in [5, 5.41) is 26.5. The average molecular weight is 584 g/mol. The Kier molecular flexibility index (Phi) is 10.6. The van der Waals surface area contributed by atoms with Crippen molar-refractivity contribution >= 4 is 23.4 Å². The van der Waals surface area contributed by atoms with Gasteiger partial charge >= 0.3 is 5.97 Å². The Morgan fingerprint density at radius 1 is 1.29 bits per heavy atom. The monoisotopic (exact) mass is 583 g/mol. The Balaban J connectivity index is 1.30. The zero-order valence-electron chi connectivity index (χ0n) is 24.3. The maximum atomic E-state index is 11.3. The molecule has 3 N–H and O–H groups in total. The molecule has 0 bridgehead atoms. The number of pyridine rings is 2. The molecule has 1 aliphatic carbocycles. The van der Waals surface area contributed by atoms with Crippen LogP contribution in [0.15, 0.2) is 30.5 Å². The van der Waals surface area contributed by atoms with Gasteiger partial charge in [-0.1, -0.05) is 17.7 Å². The van der Waals surface area contributed by atoms with E-state index in [0.29, 0.717) is 56.2 Å². The molecule has 3 heterocycles. The van der Waals surface area contributed by atoms with Crippen molar-refractivity contribution in [1.29, 1.82) is 5.26 Å². The molecule has 2 aliphatic rings. The molecule has 0 radical (unpaired) electrons. The lowest BCUT2D eigenvalue weighted by Gasteiger charge is -2.32. The van der Waals surface area contributed by atoms with Crippen LogP contribution >= 0.6 is 11.6 Å². The van der Waals surface area contributed by atoms with Gasteiger partial charge in [0, 0.05) is 49.3 Å². The summed E-state index contributed by atoms with van der Waals surface area (Å²) in [7, 11) is 0. The highest BCUT2D eigenvalue weighted by molar-refractivity contribution is 6.33. The molecule has 4 rings (SSSR count). The second-order valence-corrected chi connectivity index (χ2v) is 12.4. The number of hydrogen-bond donors (Lipinski definition) is 3. The Labute approximate surface area is 248 Å². The maximum absolute atomic E-state index is 11.3. The third-order valence-corrected chi connectivity index (χ3v) is 8.61. The first-order chi connectivity index (χ1) is 19.6. The van der Waals surface area contributed by atoms with E-state index in [9.17, 15) is 15.2 Å². The SMILES string of the molecule is C[C@H](COC(C)(C)C(=O)O)NC1CCC(Cc2cc(-c3cccc(NCC4(C#N)CCOCC4)n3)c(Cl)cn2)CC1. The fourth-order valence-corrected chi connectivity index (χ4v) is 5.70. The van der Waals surface area contributed by atoms with E-state index >= 15 is 0 Å². The highest BCUT2D eigenvalue weighted by Gasteiger charge is 2.33. The van der Waals surface area contributed by atoms with E-state index < -0.39 is 17.0 Å². The largest absolute Gasteiger partial charge is 0.479 e. The molecule has 222 valence electrons. The van der Waals surface area contributed by atoms with Gasteiger partial charge in [0.05, 0.1) is 28.8 Å². The molecular formula is C31H42ClN5O4. The van der Waals surface area contributed by atoms with Crippen LogP contribution in [0.25, 0.3) is 11.3 Å². The number of carboxylic acid groups (broad SMARTS) is 1. The highest BCUT2D eigenvalue weighted by Crippen LogP contribution is 2.33. The second-order valence-electron chi connectivity index (χ2n) is 12.0. The Bertz CT molecular complexity index is 1220. The van der Waals surface area contributed by atoms with Gasteiger partial charge in [-0.2, -0.15) is 5.26 Å². The summed E-state index contributed by atoms with van der Waals surface area (Å²) >= 11 is 6.58. The van der Waals surface area contributed by atoms with Crippen molar-refractivity contribution in [3.8, 4) is 17.3 Å². The average Bonchev–Trinajstić information content (AvgIpc) is 2.97. The van der Waals surface area contributed by atoms with Gasteiger partial charge in [-0.05, 0) is 89.8 Å². The lowest BCUT2D eigenvalue weighted by Crippen LogP contribution is -2.44. The van der Waals surface area contributed by atoms with Gasteiger partial charge in [0.25, 0.3) is 0 Å². The normalized spacial score (nSPS) is 21.5.